The average Bonchev–Trinajstić information content (AvgIpc) is 3.13. The Morgan fingerprint density at radius 3 is 2.34 bits per heavy atom. The molecule has 0 radical (unpaired) electrons. The van der Waals surface area contributed by atoms with E-state index in [1.165, 1.54) is 0 Å². The first-order valence-corrected chi connectivity index (χ1v) is 11.1. The number of nitrogens with zero attached hydrogens (tertiary/aromatic N) is 3. The summed E-state index contributed by atoms with van der Waals surface area (Å²) in [6.07, 6.45) is -0.460. The first kappa shape index (κ1) is 24.8. The number of hydrogen-bond acceptors (Lipinski definition) is 5. The highest BCUT2D eigenvalue weighted by Gasteiger charge is 2.59. The molecule has 2 unspecified atom stereocenters. The van der Waals surface area contributed by atoms with Gasteiger partial charge >= 0.3 is 12.1 Å². The number of alkyl halides is 3. The quantitative estimate of drug-likeness (QED) is 0.679. The van der Waals surface area contributed by atoms with E-state index in [0.717, 1.165) is 65.1 Å². The van der Waals surface area contributed by atoms with Gasteiger partial charge in [-0.1, -0.05) is 0 Å². The number of halogens is 3. The summed E-state index contributed by atoms with van der Waals surface area (Å²) in [6, 6.07) is 0. The molecule has 1 N–H and O–H groups in total. The lowest BCUT2D eigenvalue weighted by Crippen LogP contribution is -2.49. The standard InChI is InChI=1S/C19H31N3O3.C2HF3O2/c1-20(2)10-11-22-16(23)4-6-19(22)5-3-8-21(9-7-19)18(24)17-14-12-25-13-15(14)17;3-2(4,5)1(6)7/h14-15,17H,3-13H2,1-2H3;(H,6,7)/t14-,15+,17?,19?;. The number of amides is 2. The molecule has 182 valence electrons. The Hall–Kier alpha value is -1.88. The highest BCUT2D eigenvalue weighted by Crippen LogP contribution is 2.52. The first-order chi connectivity index (χ1) is 15.0. The third kappa shape index (κ3) is 5.36. The lowest BCUT2D eigenvalue weighted by atomic mass is 9.87. The Bertz CT molecular complexity index is 722. The SMILES string of the molecule is CN(C)CCN1C(=O)CCC12CCCN(C(=O)C1[C@H]3COC[C@@H]13)CC2.O=C(O)C(F)(F)F. The lowest BCUT2D eigenvalue weighted by Gasteiger charge is -2.38. The molecule has 4 aliphatic rings. The smallest absolute Gasteiger partial charge is 0.475 e. The van der Waals surface area contributed by atoms with Crippen molar-refractivity contribution >= 4 is 17.8 Å². The van der Waals surface area contributed by atoms with Crippen LogP contribution in [-0.4, -0.2) is 103 Å². The van der Waals surface area contributed by atoms with Gasteiger partial charge < -0.3 is 24.5 Å². The Labute approximate surface area is 185 Å². The fraction of sp³-hybridized carbons (Fsp3) is 0.857. The van der Waals surface area contributed by atoms with Crippen LogP contribution in [0, 0.1) is 17.8 Å². The molecule has 3 heterocycles. The summed E-state index contributed by atoms with van der Waals surface area (Å²) < 4.78 is 37.2. The molecule has 0 bridgehead atoms. The fourth-order valence-corrected chi connectivity index (χ4v) is 5.27. The summed E-state index contributed by atoms with van der Waals surface area (Å²) in [7, 11) is 4.11. The van der Waals surface area contributed by atoms with Crippen LogP contribution in [0.25, 0.3) is 0 Å². The fourth-order valence-electron chi connectivity index (χ4n) is 5.27. The third-order valence-corrected chi connectivity index (χ3v) is 7.16. The Morgan fingerprint density at radius 1 is 1.16 bits per heavy atom. The van der Waals surface area contributed by atoms with Crippen molar-refractivity contribution in [2.24, 2.45) is 17.8 Å². The second-order valence-electron chi connectivity index (χ2n) is 9.45. The zero-order chi connectivity index (χ0) is 23.7. The van der Waals surface area contributed by atoms with E-state index in [-0.39, 0.29) is 11.5 Å². The second-order valence-corrected chi connectivity index (χ2v) is 9.45. The van der Waals surface area contributed by atoms with Crippen molar-refractivity contribution in [3.63, 3.8) is 0 Å². The van der Waals surface area contributed by atoms with E-state index in [2.05, 4.69) is 28.8 Å². The van der Waals surface area contributed by atoms with Crippen molar-refractivity contribution in [3.8, 4) is 0 Å². The van der Waals surface area contributed by atoms with Gasteiger partial charge in [-0.25, -0.2) is 4.79 Å². The molecule has 0 aromatic carbocycles. The number of carbonyl (C=O) groups is 3. The van der Waals surface area contributed by atoms with Gasteiger partial charge in [0.2, 0.25) is 11.8 Å². The maximum absolute atomic E-state index is 12.9. The van der Waals surface area contributed by atoms with Gasteiger partial charge in [-0.2, -0.15) is 13.2 Å². The summed E-state index contributed by atoms with van der Waals surface area (Å²) >= 11 is 0. The number of aliphatic carboxylic acids is 1. The number of hydrogen-bond donors (Lipinski definition) is 1. The van der Waals surface area contributed by atoms with E-state index in [4.69, 9.17) is 14.6 Å². The zero-order valence-electron chi connectivity index (χ0n) is 18.6. The van der Waals surface area contributed by atoms with E-state index in [1.807, 2.05) is 0 Å². The molecular weight excluding hydrogens is 431 g/mol. The van der Waals surface area contributed by atoms with Crippen molar-refractivity contribution < 1.29 is 37.4 Å². The number of likely N-dealkylation sites (N-methyl/N-ethyl adjacent to an activating group) is 1. The summed E-state index contributed by atoms with van der Waals surface area (Å²) in [5, 5.41) is 7.12. The molecule has 1 saturated carbocycles. The van der Waals surface area contributed by atoms with Crippen molar-refractivity contribution in [3.05, 3.63) is 0 Å². The van der Waals surface area contributed by atoms with Crippen molar-refractivity contribution in [1.82, 2.24) is 14.7 Å². The first-order valence-electron chi connectivity index (χ1n) is 11.1. The molecule has 3 saturated heterocycles. The van der Waals surface area contributed by atoms with Gasteiger partial charge in [0, 0.05) is 44.1 Å². The number of likely N-dealkylation sites (tertiary alicyclic amines) is 2. The number of rotatable bonds is 4. The van der Waals surface area contributed by atoms with Gasteiger partial charge in [0.1, 0.15) is 0 Å². The van der Waals surface area contributed by atoms with Gasteiger partial charge in [0.25, 0.3) is 0 Å². The van der Waals surface area contributed by atoms with Crippen LogP contribution >= 0.6 is 0 Å². The van der Waals surface area contributed by atoms with Gasteiger partial charge in [0.05, 0.1) is 13.2 Å². The monoisotopic (exact) mass is 463 g/mol. The van der Waals surface area contributed by atoms with Crippen molar-refractivity contribution in [2.45, 2.75) is 43.8 Å². The number of carboxylic acid groups (broad SMARTS) is 1. The Balaban J connectivity index is 0.000000360. The van der Waals surface area contributed by atoms with E-state index in [9.17, 15) is 22.8 Å². The Kier molecular flexibility index (Phi) is 7.38. The lowest BCUT2D eigenvalue weighted by molar-refractivity contribution is -0.192. The maximum Gasteiger partial charge on any atom is 0.490 e. The van der Waals surface area contributed by atoms with Gasteiger partial charge in [-0.15, -0.1) is 0 Å². The highest BCUT2D eigenvalue weighted by atomic mass is 19.4. The minimum atomic E-state index is -5.08. The number of carboxylic acids is 1. The van der Waals surface area contributed by atoms with Crippen molar-refractivity contribution in [1.29, 1.82) is 0 Å². The second kappa shape index (κ2) is 9.54. The third-order valence-electron chi connectivity index (χ3n) is 7.16. The van der Waals surface area contributed by atoms with Crippen LogP contribution in [0.15, 0.2) is 0 Å². The normalized spacial score (nSPS) is 31.9. The topological polar surface area (TPSA) is 90.4 Å². The Morgan fingerprint density at radius 2 is 1.78 bits per heavy atom. The number of fused-ring (bicyclic) bond motifs is 1. The summed E-state index contributed by atoms with van der Waals surface area (Å²) in [5.41, 5.74) is -0.00927. The van der Waals surface area contributed by atoms with Crippen LogP contribution < -0.4 is 0 Å². The molecule has 1 aliphatic carbocycles. The average molecular weight is 463 g/mol. The van der Waals surface area contributed by atoms with Crippen LogP contribution in [0.1, 0.15) is 32.1 Å². The molecule has 4 rings (SSSR count). The molecule has 0 aromatic rings. The molecular formula is C21H32F3N3O5. The largest absolute Gasteiger partial charge is 0.490 e. The van der Waals surface area contributed by atoms with Crippen LogP contribution in [0.4, 0.5) is 13.2 Å². The molecule has 1 spiro atoms. The van der Waals surface area contributed by atoms with E-state index in [0.29, 0.717) is 30.1 Å². The van der Waals surface area contributed by atoms with Crippen LogP contribution in [0.2, 0.25) is 0 Å². The molecule has 32 heavy (non-hydrogen) atoms. The number of ether oxygens (including phenoxy) is 1. The molecule has 4 atom stereocenters. The molecule has 4 fully saturated rings. The van der Waals surface area contributed by atoms with Gasteiger partial charge in [-0.05, 0) is 51.6 Å². The molecule has 0 aromatic heterocycles. The van der Waals surface area contributed by atoms with Crippen LogP contribution in [0.5, 0.6) is 0 Å². The van der Waals surface area contributed by atoms with E-state index in [1.54, 1.807) is 0 Å². The minimum absolute atomic E-state index is 0.00927. The predicted molar refractivity (Wildman–Crippen MR) is 108 cm³/mol. The summed E-state index contributed by atoms with van der Waals surface area (Å²) in [5.74, 6) is -0.927. The zero-order valence-corrected chi connectivity index (χ0v) is 18.6. The maximum atomic E-state index is 12.9. The number of carbonyl (C=O) groups excluding carboxylic acids is 2. The van der Waals surface area contributed by atoms with E-state index >= 15 is 0 Å². The van der Waals surface area contributed by atoms with Gasteiger partial charge in [-0.3, -0.25) is 9.59 Å². The van der Waals surface area contributed by atoms with E-state index < -0.39 is 12.1 Å². The summed E-state index contributed by atoms with van der Waals surface area (Å²) in [4.78, 5) is 40.6. The van der Waals surface area contributed by atoms with Crippen LogP contribution in [0.3, 0.4) is 0 Å². The molecule has 2 amide bonds. The molecule has 8 nitrogen and oxygen atoms in total. The van der Waals surface area contributed by atoms with Crippen LogP contribution in [-0.2, 0) is 19.1 Å². The molecule has 11 heteroatoms. The minimum Gasteiger partial charge on any atom is -0.475 e. The molecule has 3 aliphatic heterocycles. The predicted octanol–water partition coefficient (Wildman–Crippen LogP) is 1.45. The van der Waals surface area contributed by atoms with Gasteiger partial charge in [0.15, 0.2) is 0 Å². The summed E-state index contributed by atoms with van der Waals surface area (Å²) in [6.45, 7) is 4.91. The highest BCUT2D eigenvalue weighted by molar-refractivity contribution is 5.83. The van der Waals surface area contributed by atoms with Crippen molar-refractivity contribution in [2.75, 3.05) is 53.5 Å².